The summed E-state index contributed by atoms with van der Waals surface area (Å²) in [4.78, 5) is 10.6. The molecule has 1 atom stereocenters. The van der Waals surface area contributed by atoms with Gasteiger partial charge in [0.1, 0.15) is 0 Å². The molecule has 1 unspecified atom stereocenters. The van der Waals surface area contributed by atoms with E-state index in [9.17, 15) is 13.6 Å². The second-order valence-electron chi connectivity index (χ2n) is 4.46. The average Bonchev–Trinajstić information content (AvgIpc) is 2.41. The number of rotatable bonds is 4. The van der Waals surface area contributed by atoms with Gasteiger partial charge in [0.25, 0.3) is 0 Å². The first kappa shape index (κ1) is 14.1. The molecule has 104 valence electrons. The third-order valence-corrected chi connectivity index (χ3v) is 2.96. The summed E-state index contributed by atoms with van der Waals surface area (Å²) in [6.07, 6.45) is -0.193. The molecule has 3 N–H and O–H groups in total. The van der Waals surface area contributed by atoms with Crippen LogP contribution in [0.5, 0.6) is 0 Å². The van der Waals surface area contributed by atoms with E-state index in [2.05, 4.69) is 0 Å². The summed E-state index contributed by atoms with van der Waals surface area (Å²) in [5.41, 5.74) is 7.58. The van der Waals surface area contributed by atoms with Crippen molar-refractivity contribution in [2.75, 3.05) is 0 Å². The summed E-state index contributed by atoms with van der Waals surface area (Å²) >= 11 is 0. The van der Waals surface area contributed by atoms with Gasteiger partial charge in [-0.05, 0) is 34.9 Å². The third-order valence-electron chi connectivity index (χ3n) is 2.96. The minimum atomic E-state index is -0.990. The molecular weight excluding hydrogens is 264 g/mol. The Balaban J connectivity index is 2.33. The smallest absolute Gasteiger partial charge is 0.305 e. The molecule has 0 saturated heterocycles. The Bertz CT molecular complexity index is 644. The molecule has 0 bridgehead atoms. The standard InChI is InChI=1S/C15H13F2NO2/c16-12-5-4-10(7-13(12)17)9-2-1-3-11(6-9)14(18)8-15(19)20/h1-7,14H,8,18H2,(H,19,20). The van der Waals surface area contributed by atoms with E-state index in [1.54, 1.807) is 24.3 Å². The summed E-state index contributed by atoms with van der Waals surface area (Å²) < 4.78 is 26.1. The molecular formula is C15H13F2NO2. The Morgan fingerprint density at radius 3 is 2.45 bits per heavy atom. The fraction of sp³-hybridized carbons (Fsp3) is 0.133. The molecule has 2 aromatic rings. The Kier molecular flexibility index (Phi) is 4.10. The van der Waals surface area contributed by atoms with Gasteiger partial charge in [0, 0.05) is 6.04 Å². The average molecular weight is 277 g/mol. The van der Waals surface area contributed by atoms with E-state index in [1.165, 1.54) is 6.07 Å². The predicted molar refractivity (Wildman–Crippen MR) is 71.0 cm³/mol. The van der Waals surface area contributed by atoms with Gasteiger partial charge in [-0.15, -0.1) is 0 Å². The lowest BCUT2D eigenvalue weighted by Crippen LogP contribution is -2.14. The molecule has 0 saturated carbocycles. The molecule has 0 spiro atoms. The SMILES string of the molecule is NC(CC(=O)O)c1cccc(-c2ccc(F)c(F)c2)c1. The molecule has 5 heteroatoms. The largest absolute Gasteiger partial charge is 0.481 e. The summed E-state index contributed by atoms with van der Waals surface area (Å²) in [6, 6.07) is 9.78. The van der Waals surface area contributed by atoms with Crippen molar-refractivity contribution in [2.45, 2.75) is 12.5 Å². The molecule has 2 rings (SSSR count). The molecule has 0 aromatic heterocycles. The molecule has 2 aromatic carbocycles. The van der Waals surface area contributed by atoms with Crippen molar-refractivity contribution in [3.05, 3.63) is 59.7 Å². The molecule has 0 aliphatic heterocycles. The Hall–Kier alpha value is -2.27. The van der Waals surface area contributed by atoms with Gasteiger partial charge in [-0.25, -0.2) is 8.78 Å². The number of hydrogen-bond acceptors (Lipinski definition) is 2. The highest BCUT2D eigenvalue weighted by atomic mass is 19.2. The van der Waals surface area contributed by atoms with Gasteiger partial charge < -0.3 is 10.8 Å². The van der Waals surface area contributed by atoms with Crippen molar-refractivity contribution < 1.29 is 18.7 Å². The first-order valence-electron chi connectivity index (χ1n) is 6.00. The van der Waals surface area contributed by atoms with Gasteiger partial charge in [-0.3, -0.25) is 4.79 Å². The maximum Gasteiger partial charge on any atom is 0.305 e. The van der Waals surface area contributed by atoms with Crippen LogP contribution in [0.15, 0.2) is 42.5 Å². The number of carboxylic acid groups (broad SMARTS) is 1. The van der Waals surface area contributed by atoms with E-state index < -0.39 is 23.6 Å². The zero-order chi connectivity index (χ0) is 14.7. The van der Waals surface area contributed by atoms with Crippen LogP contribution < -0.4 is 5.73 Å². The summed E-state index contributed by atoms with van der Waals surface area (Å²) in [5.74, 6) is -2.83. The van der Waals surface area contributed by atoms with Crippen LogP contribution in [0.1, 0.15) is 18.0 Å². The van der Waals surface area contributed by atoms with Gasteiger partial charge in [0.05, 0.1) is 6.42 Å². The van der Waals surface area contributed by atoms with E-state index in [1.807, 2.05) is 0 Å². The number of nitrogens with two attached hydrogens (primary N) is 1. The summed E-state index contributed by atoms with van der Waals surface area (Å²) in [5, 5.41) is 8.73. The Morgan fingerprint density at radius 2 is 1.80 bits per heavy atom. The quantitative estimate of drug-likeness (QED) is 0.902. The predicted octanol–water partition coefficient (Wildman–Crippen LogP) is 3.11. The minimum Gasteiger partial charge on any atom is -0.481 e. The van der Waals surface area contributed by atoms with Crippen LogP contribution in [0, 0.1) is 11.6 Å². The Morgan fingerprint density at radius 1 is 1.10 bits per heavy atom. The Labute approximate surface area is 114 Å². The maximum atomic E-state index is 13.2. The van der Waals surface area contributed by atoms with Gasteiger partial charge in [0.15, 0.2) is 11.6 Å². The molecule has 0 fully saturated rings. The van der Waals surface area contributed by atoms with Gasteiger partial charge in [-0.2, -0.15) is 0 Å². The van der Waals surface area contributed by atoms with Crippen molar-refractivity contribution in [1.82, 2.24) is 0 Å². The van der Waals surface area contributed by atoms with E-state index in [0.717, 1.165) is 12.1 Å². The molecule has 0 amide bonds. The molecule has 0 aliphatic rings. The van der Waals surface area contributed by atoms with Crippen LogP contribution in [0.3, 0.4) is 0 Å². The highest BCUT2D eigenvalue weighted by molar-refractivity contribution is 5.69. The van der Waals surface area contributed by atoms with Crippen molar-refractivity contribution in [3.63, 3.8) is 0 Å². The van der Waals surface area contributed by atoms with Crippen LogP contribution in [-0.4, -0.2) is 11.1 Å². The topological polar surface area (TPSA) is 63.3 Å². The van der Waals surface area contributed by atoms with Crippen LogP contribution in [0.2, 0.25) is 0 Å². The fourth-order valence-corrected chi connectivity index (χ4v) is 1.93. The maximum absolute atomic E-state index is 13.2. The highest BCUT2D eigenvalue weighted by Gasteiger charge is 2.12. The fourth-order valence-electron chi connectivity index (χ4n) is 1.93. The van der Waals surface area contributed by atoms with Gasteiger partial charge in [0.2, 0.25) is 0 Å². The zero-order valence-corrected chi connectivity index (χ0v) is 10.5. The number of hydrogen-bond donors (Lipinski definition) is 2. The molecule has 3 nitrogen and oxygen atoms in total. The number of carbonyl (C=O) groups is 1. The second kappa shape index (κ2) is 5.79. The normalized spacial score (nSPS) is 12.2. The monoisotopic (exact) mass is 277 g/mol. The summed E-state index contributed by atoms with van der Waals surface area (Å²) in [6.45, 7) is 0. The van der Waals surface area contributed by atoms with Crippen molar-refractivity contribution in [3.8, 4) is 11.1 Å². The lowest BCUT2D eigenvalue weighted by molar-refractivity contribution is -0.137. The highest BCUT2D eigenvalue weighted by Crippen LogP contribution is 2.25. The molecule has 20 heavy (non-hydrogen) atoms. The third kappa shape index (κ3) is 3.19. The zero-order valence-electron chi connectivity index (χ0n) is 10.5. The first-order chi connectivity index (χ1) is 9.47. The number of halogens is 2. The number of aliphatic carboxylic acids is 1. The van der Waals surface area contributed by atoms with Crippen LogP contribution >= 0.6 is 0 Å². The molecule has 0 heterocycles. The van der Waals surface area contributed by atoms with Crippen LogP contribution in [-0.2, 0) is 4.79 Å². The van der Waals surface area contributed by atoms with E-state index in [0.29, 0.717) is 16.7 Å². The molecule has 0 radical (unpaired) electrons. The first-order valence-corrected chi connectivity index (χ1v) is 6.00. The van der Waals surface area contributed by atoms with Gasteiger partial charge in [-0.1, -0.05) is 24.3 Å². The van der Waals surface area contributed by atoms with E-state index in [-0.39, 0.29) is 6.42 Å². The van der Waals surface area contributed by atoms with Crippen molar-refractivity contribution in [2.24, 2.45) is 5.73 Å². The van der Waals surface area contributed by atoms with Crippen molar-refractivity contribution >= 4 is 5.97 Å². The lowest BCUT2D eigenvalue weighted by atomic mass is 9.98. The van der Waals surface area contributed by atoms with E-state index >= 15 is 0 Å². The van der Waals surface area contributed by atoms with Crippen LogP contribution in [0.4, 0.5) is 8.78 Å². The number of carboxylic acids is 1. The van der Waals surface area contributed by atoms with Gasteiger partial charge >= 0.3 is 5.97 Å². The molecule has 0 aliphatic carbocycles. The van der Waals surface area contributed by atoms with Crippen molar-refractivity contribution in [1.29, 1.82) is 0 Å². The summed E-state index contributed by atoms with van der Waals surface area (Å²) in [7, 11) is 0. The number of benzene rings is 2. The lowest BCUT2D eigenvalue weighted by Gasteiger charge is -2.11. The minimum absolute atomic E-state index is 0.193. The second-order valence-corrected chi connectivity index (χ2v) is 4.46. The van der Waals surface area contributed by atoms with Crippen LogP contribution in [0.25, 0.3) is 11.1 Å². The van der Waals surface area contributed by atoms with E-state index in [4.69, 9.17) is 10.8 Å².